The van der Waals surface area contributed by atoms with Crippen LogP contribution in [0.3, 0.4) is 0 Å². The number of nitrogens with two attached hydrogens (primary N) is 1. The summed E-state index contributed by atoms with van der Waals surface area (Å²) >= 11 is 1.65. The van der Waals surface area contributed by atoms with E-state index >= 15 is 0 Å². The molecule has 1 aromatic heterocycles. The predicted molar refractivity (Wildman–Crippen MR) is 63.3 cm³/mol. The first-order valence-electron chi connectivity index (χ1n) is 4.93. The monoisotopic (exact) mass is 224 g/mol. The summed E-state index contributed by atoms with van der Waals surface area (Å²) in [6.45, 7) is 1.97. The molecule has 0 aromatic carbocycles. The average molecular weight is 224 g/mol. The number of nitrogens with zero attached hydrogens (tertiary/aromatic N) is 2. The van der Waals surface area contributed by atoms with Gasteiger partial charge in [-0.3, -0.25) is 5.41 Å². The van der Waals surface area contributed by atoms with Crippen LogP contribution in [0.25, 0.3) is 0 Å². The summed E-state index contributed by atoms with van der Waals surface area (Å²) in [4.78, 5) is 8.39. The van der Waals surface area contributed by atoms with Crippen LogP contribution >= 0.6 is 11.8 Å². The number of rotatable bonds is 6. The zero-order valence-corrected chi connectivity index (χ0v) is 9.68. The van der Waals surface area contributed by atoms with E-state index < -0.39 is 0 Å². The van der Waals surface area contributed by atoms with E-state index in [4.69, 9.17) is 11.1 Å². The van der Waals surface area contributed by atoms with Crippen molar-refractivity contribution in [3.05, 3.63) is 18.0 Å². The van der Waals surface area contributed by atoms with Crippen molar-refractivity contribution in [1.29, 1.82) is 5.41 Å². The van der Waals surface area contributed by atoms with Gasteiger partial charge in [-0.1, -0.05) is 11.8 Å². The second-order valence-corrected chi connectivity index (χ2v) is 4.44. The van der Waals surface area contributed by atoms with Crippen LogP contribution in [0.5, 0.6) is 0 Å². The quantitative estimate of drug-likeness (QED) is 0.255. The van der Waals surface area contributed by atoms with Crippen molar-refractivity contribution in [3.63, 3.8) is 0 Å². The lowest BCUT2D eigenvalue weighted by molar-refractivity contribution is 0.833. The molecule has 0 unspecified atom stereocenters. The van der Waals surface area contributed by atoms with E-state index in [0.29, 0.717) is 6.42 Å². The third-order valence-corrected chi connectivity index (χ3v) is 2.79. The van der Waals surface area contributed by atoms with Gasteiger partial charge >= 0.3 is 0 Å². The molecule has 0 fully saturated rings. The molecule has 82 valence electrons. The summed E-state index contributed by atoms with van der Waals surface area (Å²) in [6.07, 6.45) is 6.35. The van der Waals surface area contributed by atoms with Gasteiger partial charge in [0, 0.05) is 24.6 Å². The molecule has 3 N–H and O–H groups in total. The van der Waals surface area contributed by atoms with Crippen molar-refractivity contribution in [2.24, 2.45) is 5.73 Å². The van der Waals surface area contributed by atoms with Crippen LogP contribution in [0.2, 0.25) is 0 Å². The normalized spacial score (nSPS) is 10.2. The summed E-state index contributed by atoms with van der Waals surface area (Å²) in [6, 6.07) is 0. The van der Waals surface area contributed by atoms with Gasteiger partial charge in [0.25, 0.3) is 0 Å². The third-order valence-electron chi connectivity index (χ3n) is 1.83. The Hall–Kier alpha value is -1.10. The first-order chi connectivity index (χ1) is 7.18. The molecular formula is C10H16N4S. The second kappa shape index (κ2) is 6.40. The van der Waals surface area contributed by atoms with Crippen LogP contribution in [-0.2, 0) is 0 Å². The zero-order valence-electron chi connectivity index (χ0n) is 8.86. The number of nitrogens with one attached hydrogen (secondary N) is 1. The molecule has 1 heterocycles. The SMILES string of the molecule is Cc1cnc(SCCCCC(=N)N)nc1. The Morgan fingerprint density at radius 3 is 2.67 bits per heavy atom. The zero-order chi connectivity index (χ0) is 11.1. The minimum atomic E-state index is 0.270. The van der Waals surface area contributed by atoms with Gasteiger partial charge in [-0.15, -0.1) is 0 Å². The van der Waals surface area contributed by atoms with E-state index in [1.165, 1.54) is 0 Å². The van der Waals surface area contributed by atoms with Gasteiger partial charge in [0.15, 0.2) is 5.16 Å². The summed E-state index contributed by atoms with van der Waals surface area (Å²) in [5, 5.41) is 7.89. The Kier molecular flexibility index (Phi) is 5.10. The molecule has 0 bridgehead atoms. The van der Waals surface area contributed by atoms with Crippen LogP contribution in [0.1, 0.15) is 24.8 Å². The molecular weight excluding hydrogens is 208 g/mol. The number of hydrogen-bond donors (Lipinski definition) is 2. The summed E-state index contributed by atoms with van der Waals surface area (Å²) < 4.78 is 0. The van der Waals surface area contributed by atoms with Crippen LogP contribution in [0.4, 0.5) is 0 Å². The van der Waals surface area contributed by atoms with E-state index in [9.17, 15) is 0 Å². The highest BCUT2D eigenvalue weighted by Crippen LogP contribution is 2.14. The Balaban J connectivity index is 2.15. The molecule has 0 atom stereocenters. The molecule has 4 nitrogen and oxygen atoms in total. The number of aromatic nitrogens is 2. The molecule has 0 saturated carbocycles. The smallest absolute Gasteiger partial charge is 0.187 e. The van der Waals surface area contributed by atoms with Crippen molar-refractivity contribution in [3.8, 4) is 0 Å². The van der Waals surface area contributed by atoms with E-state index in [2.05, 4.69) is 9.97 Å². The van der Waals surface area contributed by atoms with E-state index in [-0.39, 0.29) is 5.84 Å². The number of thioether (sulfide) groups is 1. The number of hydrogen-bond acceptors (Lipinski definition) is 4. The standard InChI is InChI=1S/C10H16N4S/c1-8-6-13-10(14-7-8)15-5-3-2-4-9(11)12/h6-7H,2-5H2,1H3,(H3,11,12). The Bertz CT molecular complexity index is 310. The average Bonchev–Trinajstić information content (AvgIpc) is 2.20. The number of amidine groups is 1. The summed E-state index contributed by atoms with van der Waals surface area (Å²) in [5.41, 5.74) is 6.33. The molecule has 0 aliphatic heterocycles. The van der Waals surface area contributed by atoms with Gasteiger partial charge in [0.2, 0.25) is 0 Å². The molecule has 5 heteroatoms. The molecule has 0 spiro atoms. The lowest BCUT2D eigenvalue weighted by Crippen LogP contribution is -2.08. The first kappa shape index (κ1) is 12.0. The maximum absolute atomic E-state index is 7.06. The fraction of sp³-hybridized carbons (Fsp3) is 0.500. The van der Waals surface area contributed by atoms with Gasteiger partial charge in [0.05, 0.1) is 5.84 Å². The van der Waals surface area contributed by atoms with Crippen LogP contribution in [-0.4, -0.2) is 21.6 Å². The van der Waals surface area contributed by atoms with Crippen molar-refractivity contribution in [2.75, 3.05) is 5.75 Å². The maximum atomic E-state index is 7.06. The topological polar surface area (TPSA) is 75.7 Å². The molecule has 0 aliphatic rings. The summed E-state index contributed by atoms with van der Waals surface area (Å²) in [7, 11) is 0. The third kappa shape index (κ3) is 5.37. The highest BCUT2D eigenvalue weighted by molar-refractivity contribution is 7.99. The largest absolute Gasteiger partial charge is 0.388 e. The fourth-order valence-electron chi connectivity index (χ4n) is 1.04. The van der Waals surface area contributed by atoms with Gasteiger partial charge in [-0.05, 0) is 25.3 Å². The molecule has 0 radical (unpaired) electrons. The highest BCUT2D eigenvalue weighted by atomic mass is 32.2. The molecule has 0 saturated heterocycles. The van der Waals surface area contributed by atoms with Crippen molar-refractivity contribution >= 4 is 17.6 Å². The minimum absolute atomic E-state index is 0.270. The Morgan fingerprint density at radius 1 is 1.40 bits per heavy atom. The Labute approximate surface area is 94.2 Å². The van der Waals surface area contributed by atoms with Crippen LogP contribution < -0.4 is 5.73 Å². The highest BCUT2D eigenvalue weighted by Gasteiger charge is 1.97. The Morgan fingerprint density at radius 2 is 2.07 bits per heavy atom. The van der Waals surface area contributed by atoms with E-state index in [1.807, 2.05) is 19.3 Å². The second-order valence-electron chi connectivity index (χ2n) is 3.37. The molecule has 0 aliphatic carbocycles. The molecule has 15 heavy (non-hydrogen) atoms. The number of unbranched alkanes of at least 4 members (excludes halogenated alkanes) is 1. The van der Waals surface area contributed by atoms with Crippen molar-refractivity contribution in [1.82, 2.24) is 9.97 Å². The fourth-order valence-corrected chi connectivity index (χ4v) is 1.82. The summed E-state index contributed by atoms with van der Waals surface area (Å²) in [5.74, 6) is 1.25. The lowest BCUT2D eigenvalue weighted by Gasteiger charge is -2.00. The molecule has 0 amide bonds. The van der Waals surface area contributed by atoms with Crippen molar-refractivity contribution in [2.45, 2.75) is 31.3 Å². The van der Waals surface area contributed by atoms with Crippen LogP contribution in [0, 0.1) is 12.3 Å². The minimum Gasteiger partial charge on any atom is -0.388 e. The molecule has 1 rings (SSSR count). The maximum Gasteiger partial charge on any atom is 0.187 e. The van der Waals surface area contributed by atoms with Gasteiger partial charge in [-0.25, -0.2) is 9.97 Å². The van der Waals surface area contributed by atoms with Crippen molar-refractivity contribution < 1.29 is 0 Å². The first-order valence-corrected chi connectivity index (χ1v) is 5.91. The lowest BCUT2D eigenvalue weighted by atomic mass is 10.2. The number of aryl methyl sites for hydroxylation is 1. The van der Waals surface area contributed by atoms with Gasteiger partial charge < -0.3 is 5.73 Å². The predicted octanol–water partition coefficient (Wildman–Crippen LogP) is 1.98. The molecule has 1 aromatic rings. The van der Waals surface area contributed by atoms with E-state index in [0.717, 1.165) is 29.3 Å². The van der Waals surface area contributed by atoms with E-state index in [1.54, 1.807) is 11.8 Å². The van der Waals surface area contributed by atoms with Gasteiger partial charge in [-0.2, -0.15) is 0 Å². The van der Waals surface area contributed by atoms with Gasteiger partial charge in [0.1, 0.15) is 0 Å². The van der Waals surface area contributed by atoms with Crippen LogP contribution in [0.15, 0.2) is 17.6 Å².